The zero-order valence-electron chi connectivity index (χ0n) is 31.8. The topological polar surface area (TPSA) is 135 Å². The molecule has 0 atom stereocenters. The van der Waals surface area contributed by atoms with Gasteiger partial charge in [-0.15, -0.1) is 0 Å². The van der Waals surface area contributed by atoms with Crippen LogP contribution in [-0.2, 0) is 0 Å². The molecule has 0 amide bonds. The number of fused-ring (bicyclic) bond motifs is 2. The molecular formula is C42H40F2N8O4S. The average Bonchev–Trinajstić information content (AvgIpc) is 3.91. The first-order chi connectivity index (χ1) is 27.7. The van der Waals surface area contributed by atoms with E-state index in [4.69, 9.17) is 34.6 Å². The number of thioether (sulfide) groups is 1. The summed E-state index contributed by atoms with van der Waals surface area (Å²) in [6.45, 7) is 2.11. The van der Waals surface area contributed by atoms with Gasteiger partial charge in [-0.25, -0.2) is 28.7 Å². The normalized spacial score (nSPS) is 10.6. The summed E-state index contributed by atoms with van der Waals surface area (Å²) >= 11 is 1.69. The van der Waals surface area contributed by atoms with Crippen molar-refractivity contribution in [2.45, 2.75) is 12.1 Å². The maximum Gasteiger partial charge on any atom is 0.213 e. The number of rotatable bonds is 10. The van der Waals surface area contributed by atoms with Gasteiger partial charge in [0.05, 0.1) is 39.8 Å². The summed E-state index contributed by atoms with van der Waals surface area (Å²) in [6.07, 6.45) is 7.20. The van der Waals surface area contributed by atoms with Crippen molar-refractivity contribution in [1.82, 2.24) is 28.7 Å². The minimum absolute atomic E-state index is 0.287. The number of hydrogen-bond donors (Lipinski definition) is 2. The molecule has 4 aromatic heterocycles. The van der Waals surface area contributed by atoms with Crippen molar-refractivity contribution < 1.29 is 27.7 Å². The number of imidazole rings is 2. The van der Waals surface area contributed by atoms with Crippen molar-refractivity contribution in [3.05, 3.63) is 133 Å². The van der Waals surface area contributed by atoms with Crippen LogP contribution >= 0.6 is 11.8 Å². The monoisotopic (exact) mass is 790 g/mol. The summed E-state index contributed by atoms with van der Waals surface area (Å²) < 4.78 is 50.7. The highest BCUT2D eigenvalue weighted by molar-refractivity contribution is 7.99. The van der Waals surface area contributed by atoms with Crippen LogP contribution in [0, 0.1) is 11.6 Å². The molecule has 15 heteroatoms. The van der Waals surface area contributed by atoms with E-state index in [1.807, 2.05) is 59.1 Å². The zero-order chi connectivity index (χ0) is 40.3. The van der Waals surface area contributed by atoms with Gasteiger partial charge in [-0.05, 0) is 78.5 Å². The van der Waals surface area contributed by atoms with E-state index in [1.54, 1.807) is 87.5 Å². The third-order valence-corrected chi connectivity index (χ3v) is 9.14. The summed E-state index contributed by atoms with van der Waals surface area (Å²) in [6, 6.07) is 27.3. The van der Waals surface area contributed by atoms with Gasteiger partial charge in [-0.2, -0.15) is 0 Å². The van der Waals surface area contributed by atoms with Gasteiger partial charge in [-0.1, -0.05) is 30.8 Å². The van der Waals surface area contributed by atoms with Crippen LogP contribution in [0.5, 0.6) is 23.0 Å². The Morgan fingerprint density at radius 1 is 0.632 bits per heavy atom. The zero-order valence-corrected chi connectivity index (χ0v) is 32.6. The number of methoxy groups -OCH3 is 4. The first-order valence-electron chi connectivity index (χ1n) is 17.5. The fourth-order valence-corrected chi connectivity index (χ4v) is 6.34. The molecule has 0 aliphatic carbocycles. The van der Waals surface area contributed by atoms with E-state index < -0.39 is 0 Å². The number of nitrogen functional groups attached to an aromatic ring is 1. The highest BCUT2D eigenvalue weighted by atomic mass is 32.2. The third-order valence-electron chi connectivity index (χ3n) is 8.31. The van der Waals surface area contributed by atoms with E-state index in [0.717, 1.165) is 33.4 Å². The standard InChI is InChI=1S/C20H17FN4O2.C16H17N3O2S.C6H6FN/c1-26-17-7-6-13(10-18(17)27-2)16-12-19-22-8-9-25(19)20(24-16)23-15-5-3-4-14(21)11-15;1-4-22-16-18-12(10-15-17-7-8-19(15)16)11-5-6-13(20-2)14(9-11)21-3;7-5-2-1-3-6(8)4-5/h3-12H,1-2H3,(H,23,24);5-10H,4H2,1-3H3;1-4H,8H2. The molecule has 12 nitrogen and oxygen atoms in total. The van der Waals surface area contributed by atoms with Gasteiger partial charge in [-0.3, -0.25) is 8.80 Å². The smallest absolute Gasteiger partial charge is 0.213 e. The first kappa shape index (κ1) is 39.8. The maximum atomic E-state index is 13.5. The Balaban J connectivity index is 0.000000164. The molecule has 57 heavy (non-hydrogen) atoms. The molecule has 0 saturated carbocycles. The van der Waals surface area contributed by atoms with Gasteiger partial charge in [0.15, 0.2) is 28.2 Å². The third kappa shape index (κ3) is 9.69. The van der Waals surface area contributed by atoms with E-state index in [9.17, 15) is 8.78 Å². The number of nitrogens with two attached hydrogens (primary N) is 1. The van der Waals surface area contributed by atoms with Crippen LogP contribution in [0.1, 0.15) is 6.92 Å². The molecule has 8 aromatic rings. The Morgan fingerprint density at radius 3 is 1.70 bits per heavy atom. The summed E-state index contributed by atoms with van der Waals surface area (Å²) in [7, 11) is 6.44. The fourth-order valence-electron chi connectivity index (χ4n) is 5.63. The molecule has 0 radical (unpaired) electrons. The summed E-state index contributed by atoms with van der Waals surface area (Å²) in [5.74, 6) is 3.52. The second-order valence-corrected chi connectivity index (χ2v) is 13.2. The molecule has 4 aromatic carbocycles. The number of nitrogens with one attached hydrogen (secondary N) is 1. The van der Waals surface area contributed by atoms with Crippen LogP contribution in [0.4, 0.5) is 26.1 Å². The highest BCUT2D eigenvalue weighted by Crippen LogP contribution is 2.34. The number of anilines is 3. The van der Waals surface area contributed by atoms with Gasteiger partial charge in [0.25, 0.3) is 0 Å². The molecule has 3 N–H and O–H groups in total. The highest BCUT2D eigenvalue weighted by Gasteiger charge is 2.13. The predicted molar refractivity (Wildman–Crippen MR) is 220 cm³/mol. The molecule has 292 valence electrons. The van der Waals surface area contributed by atoms with Gasteiger partial charge < -0.3 is 30.0 Å². The lowest BCUT2D eigenvalue weighted by molar-refractivity contribution is 0.355. The summed E-state index contributed by atoms with van der Waals surface area (Å²) in [5, 5.41) is 4.08. The molecule has 0 bridgehead atoms. The first-order valence-corrected chi connectivity index (χ1v) is 18.5. The van der Waals surface area contributed by atoms with Gasteiger partial charge in [0.2, 0.25) is 5.95 Å². The second kappa shape index (κ2) is 18.6. The van der Waals surface area contributed by atoms with Crippen LogP contribution in [-0.4, -0.2) is 62.9 Å². The molecule has 0 aliphatic heterocycles. The number of ether oxygens (including phenoxy) is 4. The van der Waals surface area contributed by atoms with Crippen molar-refractivity contribution in [2.75, 3.05) is 45.2 Å². The average molecular weight is 791 g/mol. The fraction of sp³-hybridized carbons (Fsp3) is 0.143. The molecule has 4 heterocycles. The number of aromatic nitrogens is 6. The molecule has 0 unspecified atom stereocenters. The Bertz CT molecular complexity index is 2580. The van der Waals surface area contributed by atoms with Gasteiger partial charge in [0, 0.05) is 59.4 Å². The minimum atomic E-state index is -0.321. The van der Waals surface area contributed by atoms with Crippen LogP contribution < -0.4 is 30.0 Å². The van der Waals surface area contributed by atoms with E-state index >= 15 is 0 Å². The van der Waals surface area contributed by atoms with Crippen LogP contribution in [0.3, 0.4) is 0 Å². The Morgan fingerprint density at radius 2 is 1.18 bits per heavy atom. The predicted octanol–water partition coefficient (Wildman–Crippen LogP) is 9.23. The maximum absolute atomic E-state index is 13.5. The molecule has 0 spiro atoms. The van der Waals surface area contributed by atoms with Crippen LogP contribution in [0.2, 0.25) is 0 Å². The Kier molecular flexibility index (Phi) is 13.0. The Hall–Kier alpha value is -6.87. The molecule has 0 aliphatic rings. The van der Waals surface area contributed by atoms with Crippen molar-refractivity contribution in [3.8, 4) is 45.5 Å². The Labute approximate surface area is 332 Å². The van der Waals surface area contributed by atoms with E-state index in [0.29, 0.717) is 51.7 Å². The lowest BCUT2D eigenvalue weighted by Crippen LogP contribution is -2.03. The minimum Gasteiger partial charge on any atom is -0.493 e. The molecular weight excluding hydrogens is 751 g/mol. The van der Waals surface area contributed by atoms with E-state index in [2.05, 4.69) is 22.2 Å². The van der Waals surface area contributed by atoms with E-state index in [1.165, 1.54) is 24.3 Å². The van der Waals surface area contributed by atoms with E-state index in [-0.39, 0.29) is 11.6 Å². The lowest BCUT2D eigenvalue weighted by atomic mass is 10.1. The molecule has 8 rings (SSSR count). The number of benzene rings is 4. The number of halogens is 2. The second-order valence-electron chi connectivity index (χ2n) is 12.0. The molecule has 0 fully saturated rings. The largest absolute Gasteiger partial charge is 0.493 e. The quantitative estimate of drug-likeness (QED) is 0.0780. The van der Waals surface area contributed by atoms with Crippen molar-refractivity contribution in [2.24, 2.45) is 0 Å². The van der Waals surface area contributed by atoms with Crippen molar-refractivity contribution in [3.63, 3.8) is 0 Å². The summed E-state index contributed by atoms with van der Waals surface area (Å²) in [4.78, 5) is 18.2. The molecule has 0 saturated heterocycles. The SMILES string of the molecule is CCSc1nc(-c2ccc(OC)c(OC)c2)cc2nccn12.COc1ccc(-c2cc3nccn3c(Nc3cccc(F)c3)n2)cc1OC.Nc1cccc(F)c1. The van der Waals surface area contributed by atoms with Gasteiger partial charge >= 0.3 is 0 Å². The van der Waals surface area contributed by atoms with Crippen molar-refractivity contribution in [1.29, 1.82) is 0 Å². The number of nitrogens with zero attached hydrogens (tertiary/aromatic N) is 6. The van der Waals surface area contributed by atoms with Gasteiger partial charge in [0.1, 0.15) is 22.9 Å². The van der Waals surface area contributed by atoms with Crippen LogP contribution in [0.25, 0.3) is 33.8 Å². The number of hydrogen-bond acceptors (Lipinski definition) is 11. The van der Waals surface area contributed by atoms with Crippen LogP contribution in [0.15, 0.2) is 127 Å². The van der Waals surface area contributed by atoms with Crippen molar-refractivity contribution >= 4 is 40.4 Å². The summed E-state index contributed by atoms with van der Waals surface area (Å²) in [5.41, 5.74) is 11.3. The lowest BCUT2D eigenvalue weighted by Gasteiger charge is -2.12.